The number of hydrogen-bond acceptors (Lipinski definition) is 4. The second-order valence-electron chi connectivity index (χ2n) is 5.08. The Balaban J connectivity index is 1.67. The molecule has 0 radical (unpaired) electrons. The molecule has 9 heteroatoms. The summed E-state index contributed by atoms with van der Waals surface area (Å²) in [6.45, 7) is 2.03. The van der Waals surface area contributed by atoms with Crippen LogP contribution in [-0.2, 0) is 6.42 Å². The molecule has 0 aliphatic heterocycles. The van der Waals surface area contributed by atoms with E-state index < -0.39 is 0 Å². The van der Waals surface area contributed by atoms with E-state index in [1.165, 1.54) is 0 Å². The van der Waals surface area contributed by atoms with E-state index in [2.05, 4.69) is 30.9 Å². The smallest absolute Gasteiger partial charge is 0.191 e. The number of halogens is 3. The lowest BCUT2D eigenvalue weighted by Crippen LogP contribution is -2.40. The van der Waals surface area contributed by atoms with Crippen LogP contribution in [0.15, 0.2) is 35.6 Å². The minimum atomic E-state index is 0.492. The van der Waals surface area contributed by atoms with Crippen LogP contribution in [0.3, 0.4) is 0 Å². The predicted molar refractivity (Wildman–Crippen MR) is 105 cm³/mol. The molecule has 0 aliphatic rings. The van der Waals surface area contributed by atoms with Gasteiger partial charge in [0.05, 0.1) is 10.0 Å². The Kier molecular flexibility index (Phi) is 8.04. The van der Waals surface area contributed by atoms with Gasteiger partial charge in [0.2, 0.25) is 0 Å². The summed E-state index contributed by atoms with van der Waals surface area (Å²) in [7, 11) is 1.73. The maximum Gasteiger partial charge on any atom is 0.191 e. The van der Waals surface area contributed by atoms with Crippen molar-refractivity contribution in [2.45, 2.75) is 6.42 Å². The van der Waals surface area contributed by atoms with E-state index >= 15 is 0 Å². The van der Waals surface area contributed by atoms with Gasteiger partial charge < -0.3 is 16.0 Å². The van der Waals surface area contributed by atoms with Crippen LogP contribution in [0.2, 0.25) is 15.2 Å². The maximum atomic E-state index is 6.06. The molecule has 0 aliphatic carbocycles. The molecule has 2 aromatic heterocycles. The van der Waals surface area contributed by atoms with Crippen LogP contribution in [0.4, 0.5) is 5.82 Å². The number of hydrogen-bond donors (Lipinski definition) is 3. The van der Waals surface area contributed by atoms with Gasteiger partial charge in [-0.2, -0.15) is 0 Å². The monoisotopic (exact) mass is 400 g/mol. The van der Waals surface area contributed by atoms with Gasteiger partial charge in [-0.25, -0.2) is 9.97 Å². The van der Waals surface area contributed by atoms with Crippen molar-refractivity contribution in [3.8, 4) is 0 Å². The lowest BCUT2D eigenvalue weighted by atomic mass is 10.2. The lowest BCUT2D eigenvalue weighted by molar-refractivity contribution is 0.796. The molecule has 2 heterocycles. The zero-order valence-corrected chi connectivity index (χ0v) is 16.0. The Morgan fingerprint density at radius 3 is 2.52 bits per heavy atom. The van der Waals surface area contributed by atoms with Crippen molar-refractivity contribution in [1.29, 1.82) is 0 Å². The normalized spacial score (nSPS) is 11.3. The van der Waals surface area contributed by atoms with E-state index in [0.717, 1.165) is 24.5 Å². The number of aromatic nitrogens is 2. The van der Waals surface area contributed by atoms with Gasteiger partial charge >= 0.3 is 0 Å². The van der Waals surface area contributed by atoms with E-state index in [0.29, 0.717) is 34.1 Å². The summed E-state index contributed by atoms with van der Waals surface area (Å²) in [4.78, 5) is 12.4. The standard InChI is InChI=1S/C16H19Cl3N6/c1-20-16(22-5-4-11-2-3-14(19)24-9-11)23-7-6-21-15-13(18)8-12(17)10-25-15/h2-3,8-10H,4-7H2,1H3,(H,21,25)(H2,20,22,23). The average molecular weight is 402 g/mol. The summed E-state index contributed by atoms with van der Waals surface area (Å²) in [5, 5.41) is 11.1. The summed E-state index contributed by atoms with van der Waals surface area (Å²) in [6, 6.07) is 5.39. The minimum Gasteiger partial charge on any atom is -0.367 e. The van der Waals surface area contributed by atoms with Crippen LogP contribution >= 0.6 is 34.8 Å². The van der Waals surface area contributed by atoms with Crippen LogP contribution in [0.5, 0.6) is 0 Å². The quantitative estimate of drug-likeness (QED) is 0.287. The van der Waals surface area contributed by atoms with Crippen LogP contribution in [0, 0.1) is 0 Å². The molecule has 2 rings (SSSR count). The first-order valence-corrected chi connectivity index (χ1v) is 8.81. The molecule has 0 unspecified atom stereocenters. The fourth-order valence-corrected chi connectivity index (χ4v) is 2.57. The summed E-state index contributed by atoms with van der Waals surface area (Å²) in [5.41, 5.74) is 1.11. The summed E-state index contributed by atoms with van der Waals surface area (Å²) < 4.78 is 0. The third-order valence-electron chi connectivity index (χ3n) is 3.24. The van der Waals surface area contributed by atoms with Gasteiger partial charge in [-0.1, -0.05) is 40.9 Å². The van der Waals surface area contributed by atoms with E-state index in [9.17, 15) is 0 Å². The molecule has 134 valence electrons. The van der Waals surface area contributed by atoms with Gasteiger partial charge in [0.1, 0.15) is 11.0 Å². The summed E-state index contributed by atoms with van der Waals surface area (Å²) >= 11 is 17.6. The zero-order valence-electron chi connectivity index (χ0n) is 13.7. The Morgan fingerprint density at radius 1 is 1.04 bits per heavy atom. The SMILES string of the molecule is CN=C(NCCNc1ncc(Cl)cc1Cl)NCCc1ccc(Cl)nc1. The number of guanidine groups is 1. The van der Waals surface area contributed by atoms with Crippen LogP contribution in [0.25, 0.3) is 0 Å². The first kappa shape index (κ1) is 19.6. The average Bonchev–Trinajstić information content (AvgIpc) is 2.60. The second-order valence-corrected chi connectivity index (χ2v) is 6.31. The van der Waals surface area contributed by atoms with Crippen LogP contribution in [0.1, 0.15) is 5.56 Å². The maximum absolute atomic E-state index is 6.06. The molecule has 0 spiro atoms. The van der Waals surface area contributed by atoms with E-state index in [1.54, 1.807) is 31.6 Å². The van der Waals surface area contributed by atoms with Crippen molar-refractivity contribution in [1.82, 2.24) is 20.6 Å². The molecule has 0 amide bonds. The summed E-state index contributed by atoms with van der Waals surface area (Å²) in [5.74, 6) is 1.32. The van der Waals surface area contributed by atoms with Crippen molar-refractivity contribution in [3.05, 3.63) is 51.4 Å². The van der Waals surface area contributed by atoms with Crippen molar-refractivity contribution in [2.24, 2.45) is 4.99 Å². The Morgan fingerprint density at radius 2 is 1.84 bits per heavy atom. The van der Waals surface area contributed by atoms with E-state index in [-0.39, 0.29) is 0 Å². The van der Waals surface area contributed by atoms with Gasteiger partial charge in [-0.15, -0.1) is 0 Å². The molecule has 2 aromatic rings. The fourth-order valence-electron chi connectivity index (χ4n) is 2.01. The van der Waals surface area contributed by atoms with Gasteiger partial charge in [0.25, 0.3) is 0 Å². The van der Waals surface area contributed by atoms with Gasteiger partial charge in [-0.3, -0.25) is 4.99 Å². The van der Waals surface area contributed by atoms with Crippen LogP contribution < -0.4 is 16.0 Å². The highest BCUT2D eigenvalue weighted by Crippen LogP contribution is 2.21. The molecular formula is C16H19Cl3N6. The third kappa shape index (κ3) is 6.94. The highest BCUT2D eigenvalue weighted by molar-refractivity contribution is 6.35. The number of nitrogens with zero attached hydrogens (tertiary/aromatic N) is 3. The first-order chi connectivity index (χ1) is 12.1. The number of nitrogens with one attached hydrogen (secondary N) is 3. The number of anilines is 1. The fraction of sp³-hybridized carbons (Fsp3) is 0.312. The molecule has 25 heavy (non-hydrogen) atoms. The summed E-state index contributed by atoms with van der Waals surface area (Å²) in [6.07, 6.45) is 4.15. The van der Waals surface area contributed by atoms with Gasteiger partial charge in [0.15, 0.2) is 5.96 Å². The Bertz CT molecular complexity index is 706. The molecule has 6 nitrogen and oxygen atoms in total. The van der Waals surface area contributed by atoms with Crippen LogP contribution in [-0.4, -0.2) is 42.6 Å². The first-order valence-electron chi connectivity index (χ1n) is 7.68. The van der Waals surface area contributed by atoms with Crippen molar-refractivity contribution in [3.63, 3.8) is 0 Å². The Labute approximate surface area is 162 Å². The van der Waals surface area contributed by atoms with Crippen molar-refractivity contribution < 1.29 is 0 Å². The van der Waals surface area contributed by atoms with Crippen molar-refractivity contribution >= 4 is 46.6 Å². The van der Waals surface area contributed by atoms with Gasteiger partial charge in [-0.05, 0) is 24.1 Å². The number of aliphatic imine (C=N–C) groups is 1. The molecule has 0 aromatic carbocycles. The Hall–Kier alpha value is -1.76. The topological polar surface area (TPSA) is 74.2 Å². The number of rotatable bonds is 7. The zero-order chi connectivity index (χ0) is 18.1. The predicted octanol–water partition coefficient (Wildman–Crippen LogP) is 3.26. The van der Waals surface area contributed by atoms with Crippen molar-refractivity contribution in [2.75, 3.05) is 32.0 Å². The minimum absolute atomic E-state index is 0.492. The molecular weight excluding hydrogens is 383 g/mol. The molecule has 0 saturated carbocycles. The molecule has 0 bridgehead atoms. The molecule has 0 atom stereocenters. The van der Waals surface area contributed by atoms with Gasteiger partial charge in [0, 0.05) is 39.1 Å². The number of pyridine rings is 2. The molecule has 0 saturated heterocycles. The largest absolute Gasteiger partial charge is 0.367 e. The second kappa shape index (κ2) is 10.3. The molecule has 3 N–H and O–H groups in total. The van der Waals surface area contributed by atoms with E-state index in [4.69, 9.17) is 34.8 Å². The lowest BCUT2D eigenvalue weighted by Gasteiger charge is -2.13. The highest BCUT2D eigenvalue weighted by Gasteiger charge is 2.02. The third-order valence-corrected chi connectivity index (χ3v) is 3.95. The highest BCUT2D eigenvalue weighted by atomic mass is 35.5. The molecule has 0 fully saturated rings. The van der Waals surface area contributed by atoms with E-state index in [1.807, 2.05) is 6.07 Å².